The molecule has 0 atom stereocenters. The van der Waals surface area contributed by atoms with Crippen LogP contribution in [0.1, 0.15) is 23.0 Å². The summed E-state index contributed by atoms with van der Waals surface area (Å²) in [6.07, 6.45) is 1.69. The van der Waals surface area contributed by atoms with Crippen molar-refractivity contribution in [2.24, 2.45) is 0 Å². The normalized spacial score (nSPS) is 10.6. The number of amides is 1. The van der Waals surface area contributed by atoms with Gasteiger partial charge in [-0.2, -0.15) is 0 Å². The van der Waals surface area contributed by atoms with Crippen molar-refractivity contribution in [1.29, 1.82) is 0 Å². The Kier molecular flexibility index (Phi) is 5.06. The van der Waals surface area contributed by atoms with Crippen LogP contribution < -0.4 is 4.90 Å². The van der Waals surface area contributed by atoms with Crippen molar-refractivity contribution in [2.75, 3.05) is 11.4 Å². The van der Waals surface area contributed by atoms with Crippen molar-refractivity contribution < 1.29 is 4.79 Å². The first kappa shape index (κ1) is 16.8. The molecule has 1 amide bonds. The summed E-state index contributed by atoms with van der Waals surface area (Å²) in [4.78, 5) is 23.2. The van der Waals surface area contributed by atoms with Gasteiger partial charge in [0.1, 0.15) is 10.8 Å². The van der Waals surface area contributed by atoms with Crippen molar-refractivity contribution in [3.05, 3.63) is 63.7 Å². The molecule has 3 rings (SSSR count). The van der Waals surface area contributed by atoms with Crippen molar-refractivity contribution in [1.82, 2.24) is 9.97 Å². The Balaban J connectivity index is 1.84. The summed E-state index contributed by atoms with van der Waals surface area (Å²) >= 11 is 4.96. The molecule has 0 aliphatic heterocycles. The lowest BCUT2D eigenvalue weighted by molar-refractivity contribution is 0.0987. The van der Waals surface area contributed by atoms with Crippen LogP contribution in [0, 0.1) is 6.92 Å². The first-order valence-corrected chi connectivity index (χ1v) is 9.21. The standard InChI is InChI=1S/C18H16BrN3OS/c1-3-22(16-9-8-15(19)10-20-16)18(23)14-6-4-13(5-7-14)17-21-12(2)11-24-17/h4-11H,3H2,1-2H3. The number of hydrogen-bond donors (Lipinski definition) is 0. The molecule has 4 nitrogen and oxygen atoms in total. The van der Waals surface area contributed by atoms with Crippen LogP contribution in [-0.4, -0.2) is 22.4 Å². The molecule has 0 bridgehead atoms. The van der Waals surface area contributed by atoms with Gasteiger partial charge in [-0.3, -0.25) is 9.69 Å². The van der Waals surface area contributed by atoms with Crippen molar-refractivity contribution in [2.45, 2.75) is 13.8 Å². The summed E-state index contributed by atoms with van der Waals surface area (Å²) < 4.78 is 0.887. The molecule has 1 aromatic carbocycles. The zero-order valence-electron chi connectivity index (χ0n) is 13.4. The second-order valence-corrected chi connectivity index (χ2v) is 7.03. The van der Waals surface area contributed by atoms with E-state index in [9.17, 15) is 4.79 Å². The first-order chi connectivity index (χ1) is 11.6. The van der Waals surface area contributed by atoms with E-state index in [4.69, 9.17) is 0 Å². The molecule has 6 heteroatoms. The second-order valence-electron chi connectivity index (χ2n) is 5.26. The van der Waals surface area contributed by atoms with Crippen LogP contribution >= 0.6 is 27.3 Å². The summed E-state index contributed by atoms with van der Waals surface area (Å²) in [6.45, 7) is 4.47. The Hall–Kier alpha value is -2.05. The van der Waals surface area contributed by atoms with Crippen molar-refractivity contribution >= 4 is 39.0 Å². The third kappa shape index (κ3) is 3.55. The fraction of sp³-hybridized carbons (Fsp3) is 0.167. The highest BCUT2D eigenvalue weighted by Gasteiger charge is 2.17. The summed E-state index contributed by atoms with van der Waals surface area (Å²) in [5, 5.41) is 2.99. The van der Waals surface area contributed by atoms with Gasteiger partial charge in [0.15, 0.2) is 0 Å². The summed E-state index contributed by atoms with van der Waals surface area (Å²) in [7, 11) is 0. The molecule has 0 radical (unpaired) electrons. The van der Waals surface area contributed by atoms with Gasteiger partial charge in [-0.1, -0.05) is 12.1 Å². The highest BCUT2D eigenvalue weighted by molar-refractivity contribution is 9.10. The summed E-state index contributed by atoms with van der Waals surface area (Å²) in [6, 6.07) is 11.3. The molecule has 3 aromatic rings. The van der Waals surface area contributed by atoms with Gasteiger partial charge in [0, 0.05) is 39.4 Å². The number of aryl methyl sites for hydroxylation is 1. The lowest BCUT2D eigenvalue weighted by Crippen LogP contribution is -2.31. The molecule has 0 fully saturated rings. The van der Waals surface area contributed by atoms with Crippen LogP contribution in [0.3, 0.4) is 0 Å². The highest BCUT2D eigenvalue weighted by Crippen LogP contribution is 2.24. The van der Waals surface area contributed by atoms with Gasteiger partial charge in [-0.25, -0.2) is 9.97 Å². The number of hydrogen-bond acceptors (Lipinski definition) is 4. The van der Waals surface area contributed by atoms with E-state index >= 15 is 0 Å². The van der Waals surface area contributed by atoms with E-state index in [1.807, 2.05) is 55.6 Å². The number of anilines is 1. The van der Waals surface area contributed by atoms with E-state index in [-0.39, 0.29) is 5.91 Å². The molecule has 24 heavy (non-hydrogen) atoms. The maximum absolute atomic E-state index is 12.8. The number of aromatic nitrogens is 2. The number of carbonyl (C=O) groups is 1. The molecule has 2 aromatic heterocycles. The third-order valence-electron chi connectivity index (χ3n) is 3.55. The van der Waals surface area contributed by atoms with E-state index in [2.05, 4.69) is 25.9 Å². The molecule has 0 spiro atoms. The number of thiazole rings is 1. The predicted octanol–water partition coefficient (Wildman–Crippen LogP) is 4.94. The number of carbonyl (C=O) groups excluding carboxylic acids is 1. The fourth-order valence-corrected chi connectivity index (χ4v) is 3.37. The average Bonchev–Trinajstić information content (AvgIpc) is 3.04. The largest absolute Gasteiger partial charge is 0.293 e. The SMILES string of the molecule is CCN(C(=O)c1ccc(-c2nc(C)cs2)cc1)c1ccc(Br)cn1. The van der Waals surface area contributed by atoms with Crippen LogP contribution in [0.2, 0.25) is 0 Å². The van der Waals surface area contributed by atoms with Gasteiger partial charge in [0.2, 0.25) is 0 Å². The molecule has 0 unspecified atom stereocenters. The average molecular weight is 402 g/mol. The maximum atomic E-state index is 12.8. The van der Waals surface area contributed by atoms with Gasteiger partial charge in [-0.15, -0.1) is 11.3 Å². The van der Waals surface area contributed by atoms with Gasteiger partial charge >= 0.3 is 0 Å². The topological polar surface area (TPSA) is 46.1 Å². The molecule has 0 aliphatic rings. The van der Waals surface area contributed by atoms with Crippen molar-refractivity contribution in [3.8, 4) is 10.6 Å². The van der Waals surface area contributed by atoms with E-state index in [1.54, 1.807) is 22.4 Å². The molecule has 0 aliphatic carbocycles. The van der Waals surface area contributed by atoms with E-state index < -0.39 is 0 Å². The van der Waals surface area contributed by atoms with E-state index in [0.717, 1.165) is 20.7 Å². The smallest absolute Gasteiger partial charge is 0.259 e. The molecule has 122 valence electrons. The molecule has 0 saturated heterocycles. The number of halogens is 1. The molecule has 0 N–H and O–H groups in total. The molecule has 0 saturated carbocycles. The Bertz CT molecular complexity index is 843. The summed E-state index contributed by atoms with van der Waals surface area (Å²) in [5.41, 5.74) is 2.67. The van der Waals surface area contributed by atoms with Gasteiger partial charge in [0.05, 0.1) is 0 Å². The molecular formula is C18H16BrN3OS. The first-order valence-electron chi connectivity index (χ1n) is 7.54. The quantitative estimate of drug-likeness (QED) is 0.621. The predicted molar refractivity (Wildman–Crippen MR) is 102 cm³/mol. The van der Waals surface area contributed by atoms with E-state index in [0.29, 0.717) is 17.9 Å². The van der Waals surface area contributed by atoms with Crippen molar-refractivity contribution in [3.63, 3.8) is 0 Å². The van der Waals surface area contributed by atoms with Crippen LogP contribution in [0.15, 0.2) is 52.4 Å². The molecular weight excluding hydrogens is 386 g/mol. The van der Waals surface area contributed by atoms with Crippen LogP contribution in [0.4, 0.5) is 5.82 Å². The van der Waals surface area contributed by atoms with Gasteiger partial charge < -0.3 is 0 Å². The van der Waals surface area contributed by atoms with Gasteiger partial charge in [-0.05, 0) is 54.0 Å². The Morgan fingerprint density at radius 3 is 2.50 bits per heavy atom. The Morgan fingerprint density at radius 1 is 1.21 bits per heavy atom. The number of benzene rings is 1. The molecule has 2 heterocycles. The van der Waals surface area contributed by atoms with Crippen LogP contribution in [-0.2, 0) is 0 Å². The lowest BCUT2D eigenvalue weighted by Gasteiger charge is -2.20. The number of pyridine rings is 1. The monoisotopic (exact) mass is 401 g/mol. The third-order valence-corrected chi connectivity index (χ3v) is 5.03. The number of nitrogens with zero attached hydrogens (tertiary/aromatic N) is 3. The van der Waals surface area contributed by atoms with Crippen LogP contribution in [0.25, 0.3) is 10.6 Å². The Morgan fingerprint density at radius 2 is 1.96 bits per heavy atom. The van der Waals surface area contributed by atoms with Gasteiger partial charge in [0.25, 0.3) is 5.91 Å². The lowest BCUT2D eigenvalue weighted by atomic mass is 10.1. The minimum Gasteiger partial charge on any atom is -0.293 e. The highest BCUT2D eigenvalue weighted by atomic mass is 79.9. The zero-order chi connectivity index (χ0) is 17.1. The summed E-state index contributed by atoms with van der Waals surface area (Å²) in [5.74, 6) is 0.583. The minimum atomic E-state index is -0.0609. The Labute approximate surface area is 153 Å². The number of rotatable bonds is 4. The minimum absolute atomic E-state index is 0.0609. The maximum Gasteiger partial charge on any atom is 0.259 e. The fourth-order valence-electron chi connectivity index (χ4n) is 2.34. The van der Waals surface area contributed by atoms with Crippen LogP contribution in [0.5, 0.6) is 0 Å². The second kappa shape index (κ2) is 7.23. The van der Waals surface area contributed by atoms with E-state index in [1.165, 1.54) is 0 Å². The zero-order valence-corrected chi connectivity index (χ0v) is 15.8.